The van der Waals surface area contributed by atoms with Crippen molar-refractivity contribution in [2.45, 2.75) is 52.0 Å². The average Bonchev–Trinajstić information content (AvgIpc) is 3.24. The van der Waals surface area contributed by atoms with E-state index in [9.17, 15) is 4.79 Å². The highest BCUT2D eigenvalue weighted by molar-refractivity contribution is 5.95. The Hall–Kier alpha value is -3.47. The van der Waals surface area contributed by atoms with Gasteiger partial charge in [0.1, 0.15) is 0 Å². The van der Waals surface area contributed by atoms with Gasteiger partial charge >= 0.3 is 0 Å². The molecule has 0 bridgehead atoms. The summed E-state index contributed by atoms with van der Waals surface area (Å²) in [4.78, 5) is 17.8. The van der Waals surface area contributed by atoms with Gasteiger partial charge in [0, 0.05) is 11.8 Å². The minimum absolute atomic E-state index is 0.0372. The maximum Gasteiger partial charge on any atom is 0.255 e. The van der Waals surface area contributed by atoms with Crippen molar-refractivity contribution < 1.29 is 4.79 Å². The van der Waals surface area contributed by atoms with Gasteiger partial charge in [0.2, 0.25) is 0 Å². The van der Waals surface area contributed by atoms with Crippen molar-refractivity contribution in [2.75, 3.05) is 0 Å². The molecule has 1 N–H and O–H groups in total. The Morgan fingerprint density at radius 3 is 2.66 bits per heavy atom. The highest BCUT2D eigenvalue weighted by Gasteiger charge is 2.24. The number of nitrogens with one attached hydrogen (secondary N) is 1. The number of carbonyl (C=O) groups excluding carboxylic acids is 1. The predicted molar refractivity (Wildman–Crippen MR) is 127 cm³/mol. The largest absolute Gasteiger partial charge is 0.345 e. The Bertz CT molecular complexity index is 1290. The highest BCUT2D eigenvalue weighted by atomic mass is 16.1. The summed E-state index contributed by atoms with van der Waals surface area (Å²) in [5.74, 6) is 0.391. The fraction of sp³-hybridized carbons (Fsp3) is 0.296. The third-order valence-corrected chi connectivity index (χ3v) is 6.57. The molecule has 1 amide bonds. The molecule has 0 saturated heterocycles. The normalized spacial score (nSPS) is 15.7. The second kappa shape index (κ2) is 8.23. The van der Waals surface area contributed by atoms with Crippen LogP contribution in [0.4, 0.5) is 0 Å². The molecule has 0 aliphatic heterocycles. The van der Waals surface area contributed by atoms with Crippen LogP contribution in [0.25, 0.3) is 16.8 Å². The van der Waals surface area contributed by atoms with Crippen LogP contribution < -0.4 is 5.32 Å². The smallest absolute Gasteiger partial charge is 0.255 e. The Kier molecular flexibility index (Phi) is 5.25. The van der Waals surface area contributed by atoms with Gasteiger partial charge in [-0.15, -0.1) is 0 Å². The molecule has 1 aliphatic rings. The van der Waals surface area contributed by atoms with Crippen LogP contribution in [0.1, 0.15) is 71.4 Å². The monoisotopic (exact) mass is 424 g/mol. The first-order valence-corrected chi connectivity index (χ1v) is 11.3. The van der Waals surface area contributed by atoms with Crippen molar-refractivity contribution in [1.82, 2.24) is 19.9 Å². The van der Waals surface area contributed by atoms with E-state index in [4.69, 9.17) is 0 Å². The van der Waals surface area contributed by atoms with Gasteiger partial charge in [0.05, 0.1) is 23.5 Å². The predicted octanol–water partition coefficient (Wildman–Crippen LogP) is 5.64. The molecule has 32 heavy (non-hydrogen) atoms. The first kappa shape index (κ1) is 20.4. The molecule has 0 radical (unpaired) electrons. The quantitative estimate of drug-likeness (QED) is 0.461. The molecule has 0 fully saturated rings. The van der Waals surface area contributed by atoms with Crippen LogP contribution in [-0.2, 0) is 6.42 Å². The summed E-state index contributed by atoms with van der Waals surface area (Å²) in [7, 11) is 0. The summed E-state index contributed by atoms with van der Waals surface area (Å²) in [6, 6.07) is 17.0. The molecule has 5 nitrogen and oxygen atoms in total. The Morgan fingerprint density at radius 2 is 1.88 bits per heavy atom. The van der Waals surface area contributed by atoms with E-state index in [1.54, 1.807) is 10.7 Å². The zero-order valence-corrected chi connectivity index (χ0v) is 18.8. The van der Waals surface area contributed by atoms with Gasteiger partial charge in [-0.25, -0.2) is 9.50 Å². The van der Waals surface area contributed by atoms with Crippen LogP contribution >= 0.6 is 0 Å². The minimum Gasteiger partial charge on any atom is -0.345 e. The second-order valence-electron chi connectivity index (χ2n) is 8.94. The van der Waals surface area contributed by atoms with Gasteiger partial charge in [-0.05, 0) is 54.4 Å². The van der Waals surface area contributed by atoms with Crippen LogP contribution in [0.5, 0.6) is 0 Å². The van der Waals surface area contributed by atoms with E-state index in [-0.39, 0.29) is 11.9 Å². The van der Waals surface area contributed by atoms with E-state index < -0.39 is 0 Å². The molecule has 1 aliphatic carbocycles. The van der Waals surface area contributed by atoms with Gasteiger partial charge in [-0.1, -0.05) is 62.4 Å². The van der Waals surface area contributed by atoms with E-state index in [1.807, 2.05) is 19.2 Å². The minimum atomic E-state index is -0.100. The molecule has 0 saturated carbocycles. The number of nitrogens with zero attached hydrogens (tertiary/aromatic N) is 3. The van der Waals surface area contributed by atoms with E-state index in [1.165, 1.54) is 16.7 Å². The zero-order chi connectivity index (χ0) is 22.2. The molecular formula is C27H28N4O. The third-order valence-electron chi connectivity index (χ3n) is 6.57. The molecule has 2 aromatic heterocycles. The van der Waals surface area contributed by atoms with Crippen LogP contribution in [0.15, 0.2) is 60.9 Å². The Balaban J connectivity index is 1.44. The van der Waals surface area contributed by atoms with Gasteiger partial charge in [0.25, 0.3) is 5.91 Å². The van der Waals surface area contributed by atoms with Crippen LogP contribution in [0.2, 0.25) is 0 Å². The van der Waals surface area contributed by atoms with Crippen molar-refractivity contribution in [3.05, 3.63) is 88.9 Å². The van der Waals surface area contributed by atoms with Crippen molar-refractivity contribution in [2.24, 2.45) is 0 Å². The second-order valence-corrected chi connectivity index (χ2v) is 8.94. The maximum atomic E-state index is 13.2. The van der Waals surface area contributed by atoms with E-state index in [2.05, 4.69) is 71.7 Å². The summed E-state index contributed by atoms with van der Waals surface area (Å²) in [5, 5.41) is 7.78. The lowest BCUT2D eigenvalue weighted by molar-refractivity contribution is 0.0931. The summed E-state index contributed by atoms with van der Waals surface area (Å²) >= 11 is 0. The molecular weight excluding hydrogens is 396 g/mol. The zero-order valence-electron chi connectivity index (χ0n) is 18.8. The average molecular weight is 425 g/mol. The molecule has 1 unspecified atom stereocenters. The van der Waals surface area contributed by atoms with E-state index in [0.29, 0.717) is 11.5 Å². The fourth-order valence-corrected chi connectivity index (χ4v) is 4.66. The summed E-state index contributed by atoms with van der Waals surface area (Å²) < 4.78 is 1.77. The number of aryl methyl sites for hydroxylation is 2. The van der Waals surface area contributed by atoms with Crippen molar-refractivity contribution >= 4 is 11.6 Å². The first-order chi connectivity index (χ1) is 15.5. The number of carbonyl (C=O) groups is 1. The first-order valence-electron chi connectivity index (χ1n) is 11.3. The number of aromatic nitrogens is 3. The Morgan fingerprint density at radius 1 is 1.09 bits per heavy atom. The number of hydrogen-bond donors (Lipinski definition) is 1. The van der Waals surface area contributed by atoms with Crippen molar-refractivity contribution in [3.63, 3.8) is 0 Å². The van der Waals surface area contributed by atoms with E-state index >= 15 is 0 Å². The molecule has 1 atom stereocenters. The van der Waals surface area contributed by atoms with Gasteiger partial charge in [-0.3, -0.25) is 4.79 Å². The maximum absolute atomic E-state index is 13.2. The Labute approximate surface area is 188 Å². The number of rotatable bonds is 4. The number of fused-ring (bicyclic) bond motifs is 2. The number of hydrogen-bond acceptors (Lipinski definition) is 3. The number of benzene rings is 2. The molecule has 162 valence electrons. The molecule has 5 heteroatoms. The molecule has 0 spiro atoms. The summed E-state index contributed by atoms with van der Waals surface area (Å²) in [6.45, 7) is 6.30. The molecule has 4 aromatic rings. The topological polar surface area (TPSA) is 59.3 Å². The lowest BCUT2D eigenvalue weighted by Crippen LogP contribution is -2.31. The summed E-state index contributed by atoms with van der Waals surface area (Å²) in [6.07, 6.45) is 6.62. The standard InChI is InChI=1S/C27H28N4O/c1-17(2)19-11-13-21(14-12-19)24-16-29-31-18(3)23(15-28-26(24)31)27(32)30-25-10-6-8-20-7-4-5-9-22(20)25/h4-5,7,9,11-17,25H,6,8,10H2,1-3H3,(H,30,32). The SMILES string of the molecule is Cc1c(C(=O)NC2CCCc3ccccc32)cnc2c(-c3ccc(C(C)C)cc3)cnn12. The number of amides is 1. The van der Waals surface area contributed by atoms with Crippen molar-refractivity contribution in [3.8, 4) is 11.1 Å². The van der Waals surface area contributed by atoms with Gasteiger partial charge in [-0.2, -0.15) is 5.10 Å². The van der Waals surface area contributed by atoms with Gasteiger partial charge < -0.3 is 5.32 Å². The van der Waals surface area contributed by atoms with Crippen molar-refractivity contribution in [1.29, 1.82) is 0 Å². The van der Waals surface area contributed by atoms with E-state index in [0.717, 1.165) is 41.7 Å². The molecule has 2 aromatic carbocycles. The van der Waals surface area contributed by atoms with Crippen LogP contribution in [0.3, 0.4) is 0 Å². The molecule has 5 rings (SSSR count). The highest BCUT2D eigenvalue weighted by Crippen LogP contribution is 2.30. The lowest BCUT2D eigenvalue weighted by atomic mass is 9.87. The third kappa shape index (κ3) is 3.58. The summed E-state index contributed by atoms with van der Waals surface area (Å²) in [5.41, 5.74) is 8.02. The van der Waals surface area contributed by atoms with Crippen LogP contribution in [0, 0.1) is 6.92 Å². The lowest BCUT2D eigenvalue weighted by Gasteiger charge is -2.26. The van der Waals surface area contributed by atoms with Gasteiger partial charge in [0.15, 0.2) is 5.65 Å². The fourth-order valence-electron chi connectivity index (χ4n) is 4.66. The van der Waals surface area contributed by atoms with Crippen LogP contribution in [-0.4, -0.2) is 20.5 Å². The molecule has 2 heterocycles.